The summed E-state index contributed by atoms with van der Waals surface area (Å²) in [7, 11) is -6.27. The average Bonchev–Trinajstić information content (AvgIpc) is 2.21. The first kappa shape index (κ1) is 18.8. The van der Waals surface area contributed by atoms with Gasteiger partial charge >= 0.3 is 0 Å². The highest BCUT2D eigenvalue weighted by Gasteiger charge is 2.48. The molecule has 1 heterocycles. The van der Waals surface area contributed by atoms with Crippen molar-refractivity contribution in [2.45, 2.75) is 50.2 Å². The molecule has 0 aromatic heterocycles. The summed E-state index contributed by atoms with van der Waals surface area (Å²) in [5, 5.41) is 36.5. The lowest BCUT2D eigenvalue weighted by Gasteiger charge is -2.43. The number of ether oxygens (including phenoxy) is 1. The lowest BCUT2D eigenvalue weighted by atomic mass is 9.97. The summed E-state index contributed by atoms with van der Waals surface area (Å²) in [4.78, 5) is 20.5. The molecule has 0 saturated carbocycles. The Balaban J connectivity index is 0.00000324. The van der Waals surface area contributed by atoms with Crippen LogP contribution in [-0.2, 0) is 9.30 Å². The topological polar surface area (TPSA) is 153 Å². The van der Waals surface area contributed by atoms with Gasteiger partial charge in [-0.3, -0.25) is 0 Å². The fraction of sp³-hybridized carbons (Fsp3) is 1.00. The Hall–Kier alpha value is -0.190. The molecular weight excluding hydrogens is 293 g/mol. The van der Waals surface area contributed by atoms with Crippen LogP contribution < -0.4 is 9.79 Å². The number of alkyl halides is 2. The smallest absolute Gasteiger partial charge is 0.274 e. The van der Waals surface area contributed by atoms with E-state index >= 15 is 0 Å². The molecule has 1 saturated heterocycles. The summed E-state index contributed by atoms with van der Waals surface area (Å²) >= 11 is 0. The van der Waals surface area contributed by atoms with E-state index in [9.17, 15) is 33.3 Å². The summed E-state index contributed by atoms with van der Waals surface area (Å²) in [6.07, 6.45) is -11.8. The van der Waals surface area contributed by atoms with Crippen molar-refractivity contribution in [1.82, 2.24) is 0 Å². The maximum absolute atomic E-state index is 12.9. The Bertz CT molecular complexity index is 348. The van der Waals surface area contributed by atoms with Gasteiger partial charge in [-0.25, -0.2) is 8.78 Å². The van der Waals surface area contributed by atoms with Gasteiger partial charge in [-0.15, -0.1) is 0 Å². The molecule has 0 spiro atoms. The van der Waals surface area contributed by atoms with Crippen LogP contribution in [0.2, 0.25) is 0 Å². The van der Waals surface area contributed by atoms with Crippen LogP contribution in [0.25, 0.3) is 0 Å². The van der Waals surface area contributed by atoms with Gasteiger partial charge in [0.15, 0.2) is 6.29 Å². The summed E-state index contributed by atoms with van der Waals surface area (Å²) < 4.78 is 40.5. The van der Waals surface area contributed by atoms with Crippen LogP contribution in [0.3, 0.4) is 0 Å². The van der Waals surface area contributed by atoms with Crippen molar-refractivity contribution in [3.05, 3.63) is 0 Å². The van der Waals surface area contributed by atoms with E-state index < -0.39 is 50.4 Å². The van der Waals surface area contributed by atoms with Crippen LogP contribution >= 0.6 is 7.60 Å². The molecule has 0 amide bonds. The van der Waals surface area contributed by atoms with Crippen LogP contribution in [0, 0.1) is 0 Å². The molecule has 1 aliphatic heterocycles. The molecule has 0 aromatic rings. The molecule has 0 aliphatic carbocycles. The van der Waals surface area contributed by atoms with Gasteiger partial charge in [-0.1, -0.05) is 7.43 Å². The molecule has 19 heavy (non-hydrogen) atoms. The third kappa shape index (κ3) is 3.89. The Morgan fingerprint density at radius 1 is 1.11 bits per heavy atom. The molecule has 8 nitrogen and oxygen atoms in total. The van der Waals surface area contributed by atoms with E-state index in [1.165, 1.54) is 0 Å². The fourth-order valence-corrected chi connectivity index (χ4v) is 1.86. The largest absolute Gasteiger partial charge is 0.807 e. The Labute approximate surface area is 107 Å². The van der Waals surface area contributed by atoms with Crippen molar-refractivity contribution < 1.29 is 48.3 Å². The van der Waals surface area contributed by atoms with Crippen molar-refractivity contribution >= 4 is 7.60 Å². The minimum Gasteiger partial charge on any atom is -0.807 e. The predicted molar refractivity (Wildman–Crippen MR) is 52.8 cm³/mol. The van der Waals surface area contributed by atoms with Crippen LogP contribution in [0.5, 0.6) is 0 Å². The van der Waals surface area contributed by atoms with Gasteiger partial charge in [-0.05, 0) is 0 Å². The second-order valence-electron chi connectivity index (χ2n) is 3.90. The highest BCUT2D eigenvalue weighted by Crippen LogP contribution is 2.49. The Kier molecular flexibility index (Phi) is 6.00. The summed E-state index contributed by atoms with van der Waals surface area (Å²) in [6, 6.07) is 0. The Morgan fingerprint density at radius 2 is 1.58 bits per heavy atom. The molecule has 1 aliphatic rings. The normalized spacial score (nSPS) is 36.7. The van der Waals surface area contributed by atoms with Gasteiger partial charge in [-0.2, -0.15) is 0 Å². The number of halogens is 2. The molecule has 4 N–H and O–H groups in total. The van der Waals surface area contributed by atoms with E-state index in [1.807, 2.05) is 0 Å². The second kappa shape index (κ2) is 6.06. The van der Waals surface area contributed by atoms with Gasteiger partial charge in [0.05, 0.1) is 6.10 Å². The molecule has 5 atom stereocenters. The molecular formula is C8H15F2O8P-2. The van der Waals surface area contributed by atoms with Crippen molar-refractivity contribution in [2.75, 3.05) is 0 Å². The van der Waals surface area contributed by atoms with Crippen molar-refractivity contribution in [2.24, 2.45) is 0 Å². The van der Waals surface area contributed by atoms with E-state index in [0.29, 0.717) is 0 Å². The first-order valence-corrected chi connectivity index (χ1v) is 6.29. The van der Waals surface area contributed by atoms with E-state index in [2.05, 4.69) is 4.74 Å². The fourth-order valence-electron chi connectivity index (χ4n) is 1.45. The number of hydrogen-bond acceptors (Lipinski definition) is 8. The van der Waals surface area contributed by atoms with Crippen LogP contribution in [0.1, 0.15) is 13.8 Å². The van der Waals surface area contributed by atoms with Crippen molar-refractivity contribution in [3.63, 3.8) is 0 Å². The maximum atomic E-state index is 12.9. The SMILES string of the molecule is C.O=P([O-])([O-])C(F)(F)CC1OC(O)C(O)C(O)C1O. The predicted octanol–water partition coefficient (Wildman–Crippen LogP) is -2.68. The van der Waals surface area contributed by atoms with Crippen LogP contribution in [0.4, 0.5) is 8.78 Å². The third-order valence-electron chi connectivity index (χ3n) is 2.53. The summed E-state index contributed by atoms with van der Waals surface area (Å²) in [5.74, 6) is 0. The van der Waals surface area contributed by atoms with E-state index in [-0.39, 0.29) is 7.43 Å². The van der Waals surface area contributed by atoms with Gasteiger partial charge < -0.3 is 39.5 Å². The van der Waals surface area contributed by atoms with E-state index in [1.54, 1.807) is 0 Å². The third-order valence-corrected chi connectivity index (χ3v) is 3.52. The monoisotopic (exact) mass is 308 g/mol. The highest BCUT2D eigenvalue weighted by atomic mass is 31.2. The standard InChI is InChI=1S/C7H13F2O8P.CH4/c8-7(9,18(14,15)16)1-2-3(10)4(11)5(12)6(13)17-2;/h2-6,10-13H,1H2,(H2,14,15,16);1H4/p-2. The number of aliphatic hydroxyl groups excluding tert-OH is 4. The van der Waals surface area contributed by atoms with Gasteiger partial charge in [0, 0.05) is 14.0 Å². The average molecular weight is 308 g/mol. The number of aliphatic hydroxyl groups is 4. The lowest BCUT2D eigenvalue weighted by Crippen LogP contribution is -2.58. The maximum Gasteiger partial charge on any atom is 0.274 e. The molecule has 11 heteroatoms. The summed E-state index contributed by atoms with van der Waals surface area (Å²) in [5.41, 5.74) is -4.71. The zero-order chi connectivity index (χ0) is 14.3. The van der Waals surface area contributed by atoms with Gasteiger partial charge in [0.25, 0.3) is 5.66 Å². The van der Waals surface area contributed by atoms with E-state index in [4.69, 9.17) is 10.2 Å². The van der Waals surface area contributed by atoms with Crippen molar-refractivity contribution in [1.29, 1.82) is 0 Å². The Morgan fingerprint density at radius 3 is 2.00 bits per heavy atom. The van der Waals surface area contributed by atoms with Crippen molar-refractivity contribution in [3.8, 4) is 0 Å². The quantitative estimate of drug-likeness (QED) is 0.411. The molecule has 0 radical (unpaired) electrons. The number of rotatable bonds is 3. The zero-order valence-electron chi connectivity index (χ0n) is 8.72. The number of hydrogen-bond donors (Lipinski definition) is 4. The second-order valence-corrected chi connectivity index (χ2v) is 5.55. The van der Waals surface area contributed by atoms with Crippen LogP contribution in [-0.4, -0.2) is 56.8 Å². The summed E-state index contributed by atoms with van der Waals surface area (Å²) in [6.45, 7) is 0. The first-order valence-electron chi connectivity index (χ1n) is 4.75. The zero-order valence-corrected chi connectivity index (χ0v) is 9.61. The van der Waals surface area contributed by atoms with Crippen LogP contribution in [0.15, 0.2) is 0 Å². The lowest BCUT2D eigenvalue weighted by molar-refractivity contribution is -0.339. The van der Waals surface area contributed by atoms with Gasteiger partial charge in [0.1, 0.15) is 18.3 Å². The minimum atomic E-state index is -6.27. The molecule has 1 fully saturated rings. The molecule has 5 unspecified atom stereocenters. The molecule has 0 bridgehead atoms. The first-order chi connectivity index (χ1) is 7.97. The minimum absolute atomic E-state index is 0. The van der Waals surface area contributed by atoms with Gasteiger partial charge in [0.2, 0.25) is 0 Å². The highest BCUT2D eigenvalue weighted by molar-refractivity contribution is 7.50. The molecule has 0 aromatic carbocycles. The van der Waals surface area contributed by atoms with E-state index in [0.717, 1.165) is 0 Å². The molecule has 1 rings (SSSR count). The molecule has 116 valence electrons.